The van der Waals surface area contributed by atoms with Crippen LogP contribution in [0.3, 0.4) is 0 Å². The molecule has 1 atom stereocenters. The van der Waals surface area contributed by atoms with Gasteiger partial charge in [-0.3, -0.25) is 4.79 Å². The van der Waals surface area contributed by atoms with Gasteiger partial charge in [0.2, 0.25) is 0 Å². The van der Waals surface area contributed by atoms with Crippen molar-refractivity contribution in [3.63, 3.8) is 0 Å². The molecule has 2 aliphatic rings. The van der Waals surface area contributed by atoms with Crippen molar-refractivity contribution in [1.82, 2.24) is 30.1 Å². The van der Waals surface area contributed by atoms with Gasteiger partial charge in [0.05, 0.1) is 12.2 Å². The normalized spacial score (nSPS) is 25.2. The lowest BCUT2D eigenvalue weighted by atomic mass is 10.1. The first-order valence-corrected chi connectivity index (χ1v) is 7.77. The Kier molecular flexibility index (Phi) is 4.21. The molecule has 7 heteroatoms. The van der Waals surface area contributed by atoms with E-state index < -0.39 is 0 Å². The lowest BCUT2D eigenvalue weighted by molar-refractivity contribution is 0.0566. The number of nitrogens with one attached hydrogen (secondary N) is 1. The zero-order valence-electron chi connectivity index (χ0n) is 12.8. The number of likely N-dealkylation sites (N-methyl/N-ethyl adjacent to an activating group) is 1. The summed E-state index contributed by atoms with van der Waals surface area (Å²) < 4.78 is 1.87. The fourth-order valence-electron chi connectivity index (χ4n) is 3.02. The molecule has 2 fully saturated rings. The highest BCUT2D eigenvalue weighted by Gasteiger charge is 2.27. The number of carbonyl (C=O) groups is 1. The molecule has 1 aromatic heterocycles. The molecule has 3 heterocycles. The van der Waals surface area contributed by atoms with Gasteiger partial charge in [0.1, 0.15) is 0 Å². The molecule has 0 aliphatic carbocycles. The second-order valence-corrected chi connectivity index (χ2v) is 6.15. The van der Waals surface area contributed by atoms with Gasteiger partial charge in [0.15, 0.2) is 5.69 Å². The fourth-order valence-corrected chi connectivity index (χ4v) is 3.02. The molecular formula is C14H24N6O. The number of amides is 1. The highest BCUT2D eigenvalue weighted by molar-refractivity contribution is 5.92. The number of piperidine rings is 1. The monoisotopic (exact) mass is 292 g/mol. The van der Waals surface area contributed by atoms with E-state index in [2.05, 4.69) is 34.5 Å². The standard InChI is InChI=1S/C14H24N6O/c1-11-9-19(8-7-18(11)2)14(21)13-10-20(17-16-13)12-3-5-15-6-4-12/h10-12,15H,3-9H2,1-2H3. The lowest BCUT2D eigenvalue weighted by Gasteiger charge is -2.37. The SMILES string of the molecule is CC1CN(C(=O)c2cn(C3CCNCC3)nn2)CCN1C. The molecule has 7 nitrogen and oxygen atoms in total. The van der Waals surface area contributed by atoms with Gasteiger partial charge in [-0.15, -0.1) is 5.10 Å². The van der Waals surface area contributed by atoms with Crippen molar-refractivity contribution >= 4 is 5.91 Å². The average molecular weight is 292 g/mol. The molecule has 0 radical (unpaired) electrons. The predicted octanol–water partition coefficient (Wildman–Crippen LogP) is -0.0213. The van der Waals surface area contributed by atoms with Gasteiger partial charge < -0.3 is 15.1 Å². The Labute approximate surface area is 125 Å². The number of rotatable bonds is 2. The first-order valence-electron chi connectivity index (χ1n) is 7.77. The molecule has 0 bridgehead atoms. The minimum absolute atomic E-state index is 0.00938. The molecule has 2 saturated heterocycles. The number of hydrogen-bond donors (Lipinski definition) is 1. The van der Waals surface area contributed by atoms with Crippen molar-refractivity contribution in [2.45, 2.75) is 31.8 Å². The van der Waals surface area contributed by atoms with E-state index in [-0.39, 0.29) is 5.91 Å². The molecule has 1 unspecified atom stereocenters. The number of hydrogen-bond acceptors (Lipinski definition) is 5. The summed E-state index contributed by atoms with van der Waals surface area (Å²) in [5.74, 6) is 0.00938. The third kappa shape index (κ3) is 3.08. The van der Waals surface area contributed by atoms with Crippen LogP contribution in [-0.4, -0.2) is 76.5 Å². The fraction of sp³-hybridized carbons (Fsp3) is 0.786. The summed E-state index contributed by atoms with van der Waals surface area (Å²) in [6, 6.07) is 0.758. The van der Waals surface area contributed by atoms with E-state index in [0.717, 1.165) is 45.6 Å². The Morgan fingerprint density at radius 2 is 2.10 bits per heavy atom. The van der Waals surface area contributed by atoms with Gasteiger partial charge in [0.25, 0.3) is 5.91 Å². The predicted molar refractivity (Wildman–Crippen MR) is 79.2 cm³/mol. The zero-order valence-corrected chi connectivity index (χ0v) is 12.8. The maximum atomic E-state index is 12.5. The summed E-state index contributed by atoms with van der Waals surface area (Å²) in [6.45, 7) is 6.59. The molecule has 0 aromatic carbocycles. The van der Waals surface area contributed by atoms with Crippen molar-refractivity contribution in [2.24, 2.45) is 0 Å². The van der Waals surface area contributed by atoms with Gasteiger partial charge >= 0.3 is 0 Å². The molecule has 1 amide bonds. The molecule has 1 N–H and O–H groups in total. The van der Waals surface area contributed by atoms with Crippen molar-refractivity contribution in [3.8, 4) is 0 Å². The number of aromatic nitrogens is 3. The molecule has 0 spiro atoms. The van der Waals surface area contributed by atoms with Crippen molar-refractivity contribution in [1.29, 1.82) is 0 Å². The smallest absolute Gasteiger partial charge is 0.276 e. The van der Waals surface area contributed by atoms with E-state index in [1.54, 1.807) is 0 Å². The van der Waals surface area contributed by atoms with Crippen LogP contribution in [0.1, 0.15) is 36.3 Å². The van der Waals surface area contributed by atoms with Crippen LogP contribution in [-0.2, 0) is 0 Å². The minimum Gasteiger partial charge on any atom is -0.334 e. The van der Waals surface area contributed by atoms with E-state index in [0.29, 0.717) is 17.8 Å². The van der Waals surface area contributed by atoms with Crippen LogP contribution in [0.2, 0.25) is 0 Å². The third-order valence-corrected chi connectivity index (χ3v) is 4.66. The Balaban J connectivity index is 1.66. The van der Waals surface area contributed by atoms with Crippen LogP contribution in [0.4, 0.5) is 0 Å². The summed E-state index contributed by atoms with van der Waals surface area (Å²) >= 11 is 0. The maximum absolute atomic E-state index is 12.5. The summed E-state index contributed by atoms with van der Waals surface area (Å²) in [4.78, 5) is 16.7. The van der Waals surface area contributed by atoms with Gasteiger partial charge in [-0.1, -0.05) is 5.21 Å². The van der Waals surface area contributed by atoms with Gasteiger partial charge in [-0.05, 0) is 39.9 Å². The van der Waals surface area contributed by atoms with Crippen LogP contribution in [0.15, 0.2) is 6.20 Å². The minimum atomic E-state index is 0.00938. The first-order chi connectivity index (χ1) is 10.1. The van der Waals surface area contributed by atoms with E-state index in [4.69, 9.17) is 0 Å². The maximum Gasteiger partial charge on any atom is 0.276 e. The van der Waals surface area contributed by atoms with Crippen molar-refractivity contribution < 1.29 is 4.79 Å². The topological polar surface area (TPSA) is 66.3 Å². The van der Waals surface area contributed by atoms with E-state index in [9.17, 15) is 4.79 Å². The zero-order chi connectivity index (χ0) is 14.8. The number of carbonyl (C=O) groups excluding carboxylic acids is 1. The quantitative estimate of drug-likeness (QED) is 0.830. The van der Waals surface area contributed by atoms with Crippen molar-refractivity contribution in [2.75, 3.05) is 39.8 Å². The summed E-state index contributed by atoms with van der Waals surface area (Å²) in [6.07, 6.45) is 3.91. The van der Waals surface area contributed by atoms with Crippen LogP contribution >= 0.6 is 0 Å². The Bertz CT molecular complexity index is 495. The van der Waals surface area contributed by atoms with Gasteiger partial charge in [0, 0.05) is 25.7 Å². The molecule has 2 aliphatic heterocycles. The molecule has 1 aromatic rings. The second kappa shape index (κ2) is 6.11. The lowest BCUT2D eigenvalue weighted by Crippen LogP contribution is -2.52. The first kappa shape index (κ1) is 14.5. The molecule has 116 valence electrons. The van der Waals surface area contributed by atoms with E-state index in [1.807, 2.05) is 15.8 Å². The van der Waals surface area contributed by atoms with Crippen LogP contribution in [0.5, 0.6) is 0 Å². The average Bonchev–Trinajstić information content (AvgIpc) is 3.00. The molecule has 0 saturated carbocycles. The molecule has 21 heavy (non-hydrogen) atoms. The van der Waals surface area contributed by atoms with Crippen LogP contribution in [0, 0.1) is 0 Å². The third-order valence-electron chi connectivity index (χ3n) is 4.66. The van der Waals surface area contributed by atoms with E-state index >= 15 is 0 Å². The van der Waals surface area contributed by atoms with Gasteiger partial charge in [-0.2, -0.15) is 0 Å². The number of piperazine rings is 1. The highest BCUT2D eigenvalue weighted by atomic mass is 16.2. The summed E-state index contributed by atoms with van der Waals surface area (Å²) in [5, 5.41) is 11.6. The molecular weight excluding hydrogens is 268 g/mol. The van der Waals surface area contributed by atoms with Crippen molar-refractivity contribution in [3.05, 3.63) is 11.9 Å². The van der Waals surface area contributed by atoms with Crippen LogP contribution in [0.25, 0.3) is 0 Å². The summed E-state index contributed by atoms with van der Waals surface area (Å²) in [7, 11) is 2.10. The van der Waals surface area contributed by atoms with Gasteiger partial charge in [-0.25, -0.2) is 4.68 Å². The van der Waals surface area contributed by atoms with Crippen LogP contribution < -0.4 is 5.32 Å². The Hall–Kier alpha value is -1.47. The summed E-state index contributed by atoms with van der Waals surface area (Å²) in [5.41, 5.74) is 0.477. The second-order valence-electron chi connectivity index (χ2n) is 6.15. The van der Waals surface area contributed by atoms with E-state index in [1.165, 1.54) is 0 Å². The number of nitrogens with zero attached hydrogens (tertiary/aromatic N) is 5. The Morgan fingerprint density at radius 1 is 1.33 bits per heavy atom. The highest BCUT2D eigenvalue weighted by Crippen LogP contribution is 2.18. The molecule has 3 rings (SSSR count). The largest absolute Gasteiger partial charge is 0.334 e. The Morgan fingerprint density at radius 3 is 2.81 bits per heavy atom.